The second-order valence-electron chi connectivity index (χ2n) is 6.57. The van der Waals surface area contributed by atoms with Crippen molar-refractivity contribution < 1.29 is 4.79 Å². The smallest absolute Gasteiger partial charge is 0.257 e. The lowest BCUT2D eigenvalue weighted by molar-refractivity contribution is 0.102. The molecule has 2 heterocycles. The summed E-state index contributed by atoms with van der Waals surface area (Å²) in [6, 6.07) is 14.4. The van der Waals surface area contributed by atoms with Gasteiger partial charge in [-0.15, -0.1) is 10.2 Å². The zero-order valence-corrected chi connectivity index (χ0v) is 17.5. The van der Waals surface area contributed by atoms with Crippen molar-refractivity contribution in [3.05, 3.63) is 81.1 Å². The van der Waals surface area contributed by atoms with Gasteiger partial charge in [0, 0.05) is 28.5 Å². The van der Waals surface area contributed by atoms with Gasteiger partial charge in [0.2, 0.25) is 5.13 Å². The maximum Gasteiger partial charge on any atom is 0.257 e. The molecule has 6 nitrogen and oxygen atoms in total. The highest BCUT2D eigenvalue weighted by Gasteiger charge is 2.11. The van der Waals surface area contributed by atoms with Crippen molar-refractivity contribution in [2.75, 3.05) is 5.32 Å². The molecular formula is C21H18N4O2S2. The number of anilines is 1. The molecule has 2 aromatic carbocycles. The van der Waals surface area contributed by atoms with Crippen LogP contribution in [0.5, 0.6) is 0 Å². The van der Waals surface area contributed by atoms with E-state index in [9.17, 15) is 9.59 Å². The van der Waals surface area contributed by atoms with E-state index in [4.69, 9.17) is 0 Å². The number of benzene rings is 2. The summed E-state index contributed by atoms with van der Waals surface area (Å²) < 4.78 is 0.718. The first-order chi connectivity index (χ1) is 14.0. The molecular weight excluding hydrogens is 404 g/mol. The number of thioether (sulfide) groups is 1. The maximum absolute atomic E-state index is 12.4. The molecule has 0 aliphatic carbocycles. The van der Waals surface area contributed by atoms with Gasteiger partial charge in [0.1, 0.15) is 0 Å². The Morgan fingerprint density at radius 3 is 2.72 bits per heavy atom. The van der Waals surface area contributed by atoms with Gasteiger partial charge < -0.3 is 4.98 Å². The van der Waals surface area contributed by atoms with Crippen LogP contribution < -0.4 is 10.7 Å². The minimum Gasteiger partial charge on any atom is -0.357 e. The molecule has 4 aromatic rings. The summed E-state index contributed by atoms with van der Waals surface area (Å²) >= 11 is 2.77. The minimum absolute atomic E-state index is 0.00512. The number of aromatic amines is 1. The molecule has 0 aliphatic heterocycles. The Bertz CT molecular complexity index is 1250. The van der Waals surface area contributed by atoms with Crippen LogP contribution in [0.15, 0.2) is 57.7 Å². The molecule has 0 saturated heterocycles. The average Bonchev–Trinajstić information content (AvgIpc) is 3.17. The van der Waals surface area contributed by atoms with Crippen LogP contribution in [-0.2, 0) is 5.75 Å². The minimum atomic E-state index is -0.219. The van der Waals surface area contributed by atoms with Crippen LogP contribution in [0.25, 0.3) is 10.9 Å². The number of hydrogen-bond donors (Lipinski definition) is 2. The third kappa shape index (κ3) is 4.23. The van der Waals surface area contributed by atoms with Crippen molar-refractivity contribution >= 4 is 45.0 Å². The average molecular weight is 423 g/mol. The van der Waals surface area contributed by atoms with Crippen molar-refractivity contribution in [3.63, 3.8) is 0 Å². The zero-order valence-electron chi connectivity index (χ0n) is 15.9. The normalized spacial score (nSPS) is 11.0. The predicted octanol–water partition coefficient (Wildman–Crippen LogP) is 4.54. The zero-order chi connectivity index (χ0) is 20.4. The van der Waals surface area contributed by atoms with Crippen LogP contribution in [0.1, 0.15) is 27.2 Å². The Hall–Kier alpha value is -2.97. The molecule has 2 aromatic heterocycles. The molecule has 2 N–H and O–H groups in total. The van der Waals surface area contributed by atoms with Gasteiger partial charge in [-0.25, -0.2) is 0 Å². The van der Waals surface area contributed by atoms with Gasteiger partial charge in [-0.2, -0.15) is 0 Å². The van der Waals surface area contributed by atoms with E-state index in [0.717, 1.165) is 26.7 Å². The molecule has 0 bridgehead atoms. The van der Waals surface area contributed by atoms with Gasteiger partial charge in [-0.1, -0.05) is 47.4 Å². The van der Waals surface area contributed by atoms with Crippen molar-refractivity contribution in [1.82, 2.24) is 15.2 Å². The molecule has 1 amide bonds. The van der Waals surface area contributed by atoms with E-state index < -0.39 is 0 Å². The Balaban J connectivity index is 1.47. The van der Waals surface area contributed by atoms with Crippen molar-refractivity contribution in [1.29, 1.82) is 0 Å². The largest absolute Gasteiger partial charge is 0.357 e. The molecule has 0 unspecified atom stereocenters. The molecule has 0 atom stereocenters. The van der Waals surface area contributed by atoms with E-state index in [1.54, 1.807) is 18.2 Å². The summed E-state index contributed by atoms with van der Waals surface area (Å²) in [4.78, 5) is 28.0. The lowest BCUT2D eigenvalue weighted by atomic mass is 10.0. The molecule has 0 fully saturated rings. The van der Waals surface area contributed by atoms with Crippen molar-refractivity contribution in [3.8, 4) is 0 Å². The molecule has 146 valence electrons. The Morgan fingerprint density at radius 1 is 1.14 bits per heavy atom. The number of carbonyl (C=O) groups excluding carboxylic acids is 1. The summed E-state index contributed by atoms with van der Waals surface area (Å²) in [5.41, 5.74) is 4.49. The lowest BCUT2D eigenvalue weighted by Gasteiger charge is -2.08. The number of carbonyl (C=O) groups is 1. The summed E-state index contributed by atoms with van der Waals surface area (Å²) in [5, 5.41) is 12.1. The van der Waals surface area contributed by atoms with Gasteiger partial charge in [0.05, 0.1) is 5.52 Å². The third-order valence-electron chi connectivity index (χ3n) is 4.61. The summed E-state index contributed by atoms with van der Waals surface area (Å²) in [5.74, 6) is 0.336. The monoisotopic (exact) mass is 422 g/mol. The van der Waals surface area contributed by atoms with Gasteiger partial charge >= 0.3 is 0 Å². The number of pyridine rings is 1. The van der Waals surface area contributed by atoms with E-state index in [0.29, 0.717) is 21.8 Å². The first-order valence-corrected chi connectivity index (χ1v) is 10.8. The second-order valence-corrected chi connectivity index (χ2v) is 8.77. The highest BCUT2D eigenvalue weighted by atomic mass is 32.2. The number of rotatable bonds is 5. The topological polar surface area (TPSA) is 87.7 Å². The number of aryl methyl sites for hydroxylation is 2. The molecule has 0 radical (unpaired) electrons. The highest BCUT2D eigenvalue weighted by Crippen LogP contribution is 2.28. The van der Waals surface area contributed by atoms with Gasteiger partial charge in [-0.3, -0.25) is 14.9 Å². The first kappa shape index (κ1) is 19.4. The van der Waals surface area contributed by atoms with E-state index in [1.165, 1.54) is 23.1 Å². The van der Waals surface area contributed by atoms with Gasteiger partial charge in [0.25, 0.3) is 5.91 Å². The standard InChI is InChI=1S/C21H18N4O2S2/c1-12-8-9-16-17(26)10-15(22-18(16)13(12)2)11-28-21-25-24-20(29-21)23-19(27)14-6-4-3-5-7-14/h3-10H,11H2,1-2H3,(H,22,26)(H,23,24,27). The molecule has 0 aliphatic rings. The van der Waals surface area contributed by atoms with E-state index >= 15 is 0 Å². The van der Waals surface area contributed by atoms with Crippen molar-refractivity contribution in [2.24, 2.45) is 0 Å². The van der Waals surface area contributed by atoms with Crippen LogP contribution in [0.4, 0.5) is 5.13 Å². The number of nitrogens with one attached hydrogen (secondary N) is 2. The second kappa shape index (κ2) is 8.18. The van der Waals surface area contributed by atoms with Gasteiger partial charge in [0.15, 0.2) is 9.77 Å². The van der Waals surface area contributed by atoms with Crippen LogP contribution in [0.2, 0.25) is 0 Å². The van der Waals surface area contributed by atoms with Crippen LogP contribution in [-0.4, -0.2) is 21.1 Å². The number of nitrogens with zero attached hydrogens (tertiary/aromatic N) is 2. The van der Waals surface area contributed by atoms with Crippen LogP contribution in [0.3, 0.4) is 0 Å². The lowest BCUT2D eigenvalue weighted by Crippen LogP contribution is -2.11. The SMILES string of the molecule is Cc1ccc2c(=O)cc(CSc3nnc(NC(=O)c4ccccc4)s3)[nH]c2c1C. The number of aromatic nitrogens is 3. The van der Waals surface area contributed by atoms with Crippen LogP contribution >= 0.6 is 23.1 Å². The number of fused-ring (bicyclic) bond motifs is 1. The van der Waals surface area contributed by atoms with E-state index in [-0.39, 0.29) is 11.3 Å². The predicted molar refractivity (Wildman–Crippen MR) is 118 cm³/mol. The molecule has 4 rings (SSSR count). The number of hydrogen-bond acceptors (Lipinski definition) is 6. The Labute approximate surface area is 175 Å². The molecule has 8 heteroatoms. The summed E-state index contributed by atoms with van der Waals surface area (Å²) in [6.45, 7) is 4.04. The van der Waals surface area contributed by atoms with Crippen molar-refractivity contribution in [2.45, 2.75) is 23.9 Å². The number of amides is 1. The molecule has 0 spiro atoms. The van der Waals surface area contributed by atoms with Gasteiger partial charge in [-0.05, 0) is 43.2 Å². The quantitative estimate of drug-likeness (QED) is 0.364. The fraction of sp³-hybridized carbons (Fsp3) is 0.143. The Kier molecular flexibility index (Phi) is 5.46. The maximum atomic E-state index is 12.4. The Morgan fingerprint density at radius 2 is 1.93 bits per heavy atom. The third-order valence-corrected chi connectivity index (χ3v) is 6.63. The number of H-pyrrole nitrogens is 1. The first-order valence-electron chi connectivity index (χ1n) is 8.96. The van der Waals surface area contributed by atoms with Crippen LogP contribution in [0, 0.1) is 13.8 Å². The molecule has 29 heavy (non-hydrogen) atoms. The summed E-state index contributed by atoms with van der Waals surface area (Å²) in [6.07, 6.45) is 0. The highest BCUT2D eigenvalue weighted by molar-refractivity contribution is 8.00. The summed E-state index contributed by atoms with van der Waals surface area (Å²) in [7, 11) is 0. The fourth-order valence-electron chi connectivity index (χ4n) is 2.91. The van der Waals surface area contributed by atoms with E-state index in [2.05, 4.69) is 20.5 Å². The fourth-order valence-corrected chi connectivity index (χ4v) is 4.56. The van der Waals surface area contributed by atoms with E-state index in [1.807, 2.05) is 44.2 Å². The molecule has 0 saturated carbocycles.